The van der Waals surface area contributed by atoms with Crippen LogP contribution in [0.15, 0.2) is 35.1 Å². The Labute approximate surface area is 192 Å². The SMILES string of the molecule is CN(C)[C@@H]1C(=O)C(C(N)=O)=C(O)C2(O)OC(=O)C3=C(O)c4c(O)cccc4[C@@](C)(O)[C@H]3[C@H](O)[C@@H]12. The number of carbonyl (C=O) groups excluding carboxylic acids is 3. The van der Waals surface area contributed by atoms with Crippen LogP contribution in [0.1, 0.15) is 18.1 Å². The highest BCUT2D eigenvalue weighted by molar-refractivity contribution is 6.22. The lowest BCUT2D eigenvalue weighted by Crippen LogP contribution is -2.64. The van der Waals surface area contributed by atoms with Crippen LogP contribution in [0.5, 0.6) is 5.75 Å². The molecule has 1 unspecified atom stereocenters. The topological polar surface area (TPSA) is 211 Å². The third-order valence-corrected chi connectivity index (χ3v) is 6.86. The molecule has 12 heteroatoms. The van der Waals surface area contributed by atoms with Gasteiger partial charge in [0.2, 0.25) is 0 Å². The van der Waals surface area contributed by atoms with Crippen molar-refractivity contribution in [3.8, 4) is 5.75 Å². The molecule has 0 saturated carbocycles. The van der Waals surface area contributed by atoms with E-state index in [1.807, 2.05) is 0 Å². The number of Topliss-reactive ketones (excluding diaryl/α,β-unsaturated/α-hetero) is 1. The number of aliphatic hydroxyl groups is 5. The summed E-state index contributed by atoms with van der Waals surface area (Å²) >= 11 is 0. The van der Waals surface area contributed by atoms with E-state index in [0.29, 0.717) is 0 Å². The molecule has 1 aromatic carbocycles. The van der Waals surface area contributed by atoms with Gasteiger partial charge < -0.3 is 41.1 Å². The molecule has 8 N–H and O–H groups in total. The van der Waals surface area contributed by atoms with Crippen molar-refractivity contribution in [2.75, 3.05) is 14.1 Å². The number of nitrogens with zero attached hydrogens (tertiary/aromatic N) is 1. The molecule has 1 amide bonds. The van der Waals surface area contributed by atoms with E-state index in [4.69, 9.17) is 10.5 Å². The third-order valence-electron chi connectivity index (χ3n) is 6.86. The van der Waals surface area contributed by atoms with Gasteiger partial charge in [0, 0.05) is 0 Å². The molecule has 1 fully saturated rings. The van der Waals surface area contributed by atoms with Gasteiger partial charge in [-0.05, 0) is 32.6 Å². The van der Waals surface area contributed by atoms with Crippen molar-refractivity contribution >= 4 is 23.4 Å². The van der Waals surface area contributed by atoms with Crippen molar-refractivity contribution in [1.82, 2.24) is 4.90 Å². The number of rotatable bonds is 2. The number of likely N-dealkylation sites (N-methyl/N-ethyl adjacent to an activating group) is 1. The van der Waals surface area contributed by atoms with Crippen LogP contribution in [0.25, 0.3) is 5.76 Å². The quantitative estimate of drug-likeness (QED) is 0.193. The van der Waals surface area contributed by atoms with Gasteiger partial charge in [-0.15, -0.1) is 0 Å². The lowest BCUT2D eigenvalue weighted by atomic mass is 9.63. The Morgan fingerprint density at radius 3 is 2.32 bits per heavy atom. The van der Waals surface area contributed by atoms with Crippen molar-refractivity contribution in [2.45, 2.75) is 30.5 Å². The summed E-state index contributed by atoms with van der Waals surface area (Å²) in [6.07, 6.45) is -2.01. The molecule has 2 aliphatic carbocycles. The van der Waals surface area contributed by atoms with Gasteiger partial charge in [0.25, 0.3) is 11.7 Å². The number of phenols is 1. The van der Waals surface area contributed by atoms with E-state index in [-0.39, 0.29) is 11.1 Å². The number of fused-ring (bicyclic) bond motifs is 3. The zero-order valence-electron chi connectivity index (χ0n) is 18.4. The highest BCUT2D eigenvalue weighted by atomic mass is 16.7. The molecule has 182 valence electrons. The number of ketones is 1. The van der Waals surface area contributed by atoms with E-state index in [1.165, 1.54) is 44.1 Å². The third kappa shape index (κ3) is 2.83. The summed E-state index contributed by atoms with van der Waals surface area (Å²) in [5.41, 5.74) is 1.03. The summed E-state index contributed by atoms with van der Waals surface area (Å²) in [7, 11) is 2.76. The van der Waals surface area contributed by atoms with Crippen molar-refractivity contribution < 1.29 is 49.8 Å². The van der Waals surface area contributed by atoms with Crippen LogP contribution in [-0.4, -0.2) is 85.2 Å². The van der Waals surface area contributed by atoms with Crippen LogP contribution in [0.3, 0.4) is 0 Å². The molecule has 4 rings (SSSR count). The molecule has 3 aliphatic rings. The zero-order valence-corrected chi connectivity index (χ0v) is 18.4. The standard InChI is InChI=1S/C22H24N2O10/c1-21(32)7-5-4-6-8(25)9(7)15(26)10-12(21)17(28)13-14(24(2)3)16(27)11(19(23)30)18(29)22(13,33)34-20(10)31/h4-6,12-14,17,25-26,28-29,32-33H,1-3H3,(H2,23,30)/t12-,13-,14+,17+,21-,22?/m1/s1. The molecule has 6 atom stereocenters. The summed E-state index contributed by atoms with van der Waals surface area (Å²) in [4.78, 5) is 39.5. The van der Waals surface area contributed by atoms with Gasteiger partial charge in [-0.3, -0.25) is 14.5 Å². The maximum Gasteiger partial charge on any atom is 0.341 e. The minimum atomic E-state index is -3.13. The molecule has 1 aromatic rings. The van der Waals surface area contributed by atoms with E-state index in [1.54, 1.807) is 0 Å². The average molecular weight is 476 g/mol. The van der Waals surface area contributed by atoms with Crippen molar-refractivity contribution in [3.63, 3.8) is 0 Å². The maximum absolute atomic E-state index is 13.2. The van der Waals surface area contributed by atoms with Crippen LogP contribution in [0.2, 0.25) is 0 Å². The van der Waals surface area contributed by atoms with E-state index in [2.05, 4.69) is 0 Å². The molecule has 1 aliphatic heterocycles. The van der Waals surface area contributed by atoms with Gasteiger partial charge >= 0.3 is 5.97 Å². The summed E-state index contributed by atoms with van der Waals surface area (Å²) in [6, 6.07) is 2.38. The number of ether oxygens (including phenoxy) is 1. The number of benzene rings is 1. The second-order valence-electron chi connectivity index (χ2n) is 9.05. The van der Waals surface area contributed by atoms with Crippen molar-refractivity contribution in [3.05, 3.63) is 46.2 Å². The minimum absolute atomic E-state index is 0.0443. The monoisotopic (exact) mass is 476 g/mol. The Kier molecular flexibility index (Phi) is 5.07. The molecule has 0 bridgehead atoms. The fourth-order valence-electron chi connectivity index (χ4n) is 5.38. The summed E-state index contributed by atoms with van der Waals surface area (Å²) < 4.78 is 5.13. The lowest BCUT2D eigenvalue weighted by Gasteiger charge is -2.47. The first-order valence-electron chi connectivity index (χ1n) is 10.2. The van der Waals surface area contributed by atoms with Gasteiger partial charge in [0.15, 0.2) is 11.5 Å². The van der Waals surface area contributed by atoms with Gasteiger partial charge in [-0.25, -0.2) is 4.79 Å². The van der Waals surface area contributed by atoms with Gasteiger partial charge in [-0.2, -0.15) is 0 Å². The van der Waals surface area contributed by atoms with Crippen LogP contribution >= 0.6 is 0 Å². The number of hydrogen-bond acceptors (Lipinski definition) is 11. The largest absolute Gasteiger partial charge is 0.507 e. The van der Waals surface area contributed by atoms with Crippen LogP contribution in [0.4, 0.5) is 0 Å². The predicted molar refractivity (Wildman–Crippen MR) is 113 cm³/mol. The van der Waals surface area contributed by atoms with E-state index >= 15 is 0 Å². The van der Waals surface area contributed by atoms with E-state index < -0.39 is 81.4 Å². The van der Waals surface area contributed by atoms with Gasteiger partial charge in [-0.1, -0.05) is 12.1 Å². The number of esters is 1. The molecule has 0 aromatic heterocycles. The Morgan fingerprint density at radius 2 is 1.76 bits per heavy atom. The molecule has 0 spiro atoms. The first-order valence-corrected chi connectivity index (χ1v) is 10.2. The van der Waals surface area contributed by atoms with E-state index in [9.17, 15) is 45.0 Å². The zero-order chi connectivity index (χ0) is 25.5. The first-order chi connectivity index (χ1) is 15.7. The predicted octanol–water partition coefficient (Wildman–Crippen LogP) is -1.47. The molecule has 1 heterocycles. The molecular formula is C22H24N2O10. The fraction of sp³-hybridized carbons (Fsp3) is 0.409. The number of hydrogen-bond donors (Lipinski definition) is 7. The lowest BCUT2D eigenvalue weighted by molar-refractivity contribution is -0.245. The van der Waals surface area contributed by atoms with Crippen molar-refractivity contribution in [2.24, 2.45) is 17.6 Å². The van der Waals surface area contributed by atoms with Crippen LogP contribution in [0, 0.1) is 11.8 Å². The van der Waals surface area contributed by atoms with Crippen molar-refractivity contribution in [1.29, 1.82) is 0 Å². The maximum atomic E-state index is 13.2. The van der Waals surface area contributed by atoms with Crippen LogP contribution < -0.4 is 5.73 Å². The Bertz CT molecular complexity index is 1200. The highest BCUT2D eigenvalue weighted by Gasteiger charge is 2.67. The smallest absolute Gasteiger partial charge is 0.341 e. The molecule has 12 nitrogen and oxygen atoms in total. The number of carbonyl (C=O) groups is 3. The average Bonchev–Trinajstić information content (AvgIpc) is 2.80. The molecule has 1 saturated heterocycles. The van der Waals surface area contributed by atoms with Gasteiger partial charge in [0.05, 0.1) is 40.7 Å². The minimum Gasteiger partial charge on any atom is -0.507 e. The molecule has 0 radical (unpaired) electrons. The summed E-state index contributed by atoms with van der Waals surface area (Å²) in [5.74, 6) is -13.3. The number of aromatic hydroxyl groups is 1. The van der Waals surface area contributed by atoms with Crippen LogP contribution in [-0.2, 0) is 24.7 Å². The summed E-state index contributed by atoms with van der Waals surface area (Å²) in [5, 5.41) is 66.3. The number of aliphatic hydroxyl groups excluding tert-OH is 3. The Hall–Kier alpha value is -3.45. The number of phenolic OH excluding ortho intramolecular Hbond substituents is 1. The number of amides is 1. The first kappa shape index (κ1) is 23.7. The normalized spacial score (nSPS) is 35.4. The second-order valence-corrected chi connectivity index (χ2v) is 9.05. The van der Waals surface area contributed by atoms with Gasteiger partial charge in [0.1, 0.15) is 17.1 Å². The Balaban J connectivity index is 2.07. The van der Waals surface area contributed by atoms with E-state index in [0.717, 1.165) is 0 Å². The second kappa shape index (κ2) is 7.27. The molecule has 34 heavy (non-hydrogen) atoms. The Morgan fingerprint density at radius 1 is 1.15 bits per heavy atom. The summed E-state index contributed by atoms with van der Waals surface area (Å²) in [6.45, 7) is 1.21. The number of nitrogens with two attached hydrogens (primary N) is 1. The highest BCUT2D eigenvalue weighted by Crippen LogP contribution is 2.54. The fourth-order valence-corrected chi connectivity index (χ4v) is 5.38. The molecular weight excluding hydrogens is 452 g/mol. The number of primary amides is 1.